The monoisotopic (exact) mass is 330 g/mol. The first-order valence-electron chi connectivity index (χ1n) is 8.07. The SMILES string of the molecule is CN(C(=O)C=CC(=O)O)c1ccccc1C(=O)NC1CCCCC1. The molecule has 0 heterocycles. The van der Waals surface area contributed by atoms with Gasteiger partial charge in [-0.3, -0.25) is 9.59 Å². The van der Waals surface area contributed by atoms with Crippen LogP contribution in [0.2, 0.25) is 0 Å². The highest BCUT2D eigenvalue weighted by atomic mass is 16.4. The van der Waals surface area contributed by atoms with E-state index in [9.17, 15) is 14.4 Å². The van der Waals surface area contributed by atoms with Gasteiger partial charge in [-0.2, -0.15) is 0 Å². The lowest BCUT2D eigenvalue weighted by Gasteiger charge is -2.24. The highest BCUT2D eigenvalue weighted by Gasteiger charge is 2.21. The van der Waals surface area contributed by atoms with Gasteiger partial charge >= 0.3 is 5.97 Å². The molecule has 1 saturated carbocycles. The van der Waals surface area contributed by atoms with Gasteiger partial charge in [0.05, 0.1) is 11.3 Å². The van der Waals surface area contributed by atoms with E-state index in [0.717, 1.165) is 37.8 Å². The van der Waals surface area contributed by atoms with Gasteiger partial charge in [0.1, 0.15) is 0 Å². The molecule has 0 unspecified atom stereocenters. The minimum absolute atomic E-state index is 0.173. The van der Waals surface area contributed by atoms with E-state index in [1.807, 2.05) is 0 Å². The number of carbonyl (C=O) groups excluding carboxylic acids is 2. The number of hydrogen-bond donors (Lipinski definition) is 2. The Morgan fingerprint density at radius 1 is 1.12 bits per heavy atom. The molecule has 1 fully saturated rings. The Morgan fingerprint density at radius 2 is 1.79 bits per heavy atom. The van der Waals surface area contributed by atoms with Crippen molar-refractivity contribution in [3.8, 4) is 0 Å². The molecule has 0 atom stereocenters. The highest BCUT2D eigenvalue weighted by Crippen LogP contribution is 2.22. The number of nitrogens with one attached hydrogen (secondary N) is 1. The summed E-state index contributed by atoms with van der Waals surface area (Å²) >= 11 is 0. The van der Waals surface area contributed by atoms with Crippen molar-refractivity contribution >= 4 is 23.5 Å². The van der Waals surface area contributed by atoms with E-state index < -0.39 is 11.9 Å². The summed E-state index contributed by atoms with van der Waals surface area (Å²) in [6.07, 6.45) is 7.14. The first-order valence-corrected chi connectivity index (χ1v) is 8.07. The fourth-order valence-electron chi connectivity index (χ4n) is 2.84. The molecule has 6 nitrogen and oxygen atoms in total. The average Bonchev–Trinajstić information content (AvgIpc) is 2.59. The van der Waals surface area contributed by atoms with Gasteiger partial charge in [0.15, 0.2) is 0 Å². The van der Waals surface area contributed by atoms with Crippen LogP contribution >= 0.6 is 0 Å². The molecule has 2 N–H and O–H groups in total. The topological polar surface area (TPSA) is 86.7 Å². The smallest absolute Gasteiger partial charge is 0.328 e. The molecule has 6 heteroatoms. The molecule has 0 aromatic heterocycles. The van der Waals surface area contributed by atoms with Crippen LogP contribution in [-0.2, 0) is 9.59 Å². The number of nitrogens with zero attached hydrogens (tertiary/aromatic N) is 1. The number of amides is 2. The Labute approximate surface area is 141 Å². The van der Waals surface area contributed by atoms with E-state index in [4.69, 9.17) is 5.11 Å². The van der Waals surface area contributed by atoms with E-state index in [1.54, 1.807) is 24.3 Å². The fraction of sp³-hybridized carbons (Fsp3) is 0.389. The van der Waals surface area contributed by atoms with Crippen molar-refractivity contribution in [2.75, 3.05) is 11.9 Å². The highest BCUT2D eigenvalue weighted by molar-refractivity contribution is 6.08. The standard InChI is InChI=1S/C18H22N2O4/c1-20(16(21)11-12-17(22)23)15-10-6-5-9-14(15)18(24)19-13-7-3-2-4-8-13/h5-6,9-13H,2-4,7-8H2,1H3,(H,19,24)(H,22,23). The maximum Gasteiger partial charge on any atom is 0.328 e. The number of rotatable bonds is 5. The lowest BCUT2D eigenvalue weighted by Crippen LogP contribution is -2.37. The van der Waals surface area contributed by atoms with Crippen molar-refractivity contribution in [3.63, 3.8) is 0 Å². The summed E-state index contributed by atoms with van der Waals surface area (Å²) in [7, 11) is 1.52. The third-order valence-corrected chi connectivity index (χ3v) is 4.15. The van der Waals surface area contributed by atoms with Gasteiger partial charge in [-0.05, 0) is 25.0 Å². The average molecular weight is 330 g/mol. The maximum atomic E-state index is 12.6. The lowest BCUT2D eigenvalue weighted by atomic mass is 9.95. The van der Waals surface area contributed by atoms with Crippen molar-refractivity contribution in [1.82, 2.24) is 5.32 Å². The summed E-state index contributed by atoms with van der Waals surface area (Å²) in [5, 5.41) is 11.6. The van der Waals surface area contributed by atoms with Gasteiger partial charge in [-0.15, -0.1) is 0 Å². The number of carboxylic acid groups (broad SMARTS) is 1. The molecule has 24 heavy (non-hydrogen) atoms. The summed E-state index contributed by atoms with van der Waals surface area (Å²) in [6.45, 7) is 0. The number of likely N-dealkylation sites (N-methyl/N-ethyl adjacent to an activating group) is 1. The summed E-state index contributed by atoms with van der Waals surface area (Å²) in [5.74, 6) is -1.91. The second-order valence-electron chi connectivity index (χ2n) is 5.89. The third kappa shape index (κ3) is 4.68. The molecule has 0 spiro atoms. The van der Waals surface area contributed by atoms with Crippen molar-refractivity contribution in [2.45, 2.75) is 38.1 Å². The summed E-state index contributed by atoms with van der Waals surface area (Å²) < 4.78 is 0. The molecule has 128 valence electrons. The zero-order valence-corrected chi connectivity index (χ0v) is 13.7. The van der Waals surface area contributed by atoms with Crippen LogP contribution in [0.4, 0.5) is 5.69 Å². The van der Waals surface area contributed by atoms with Gasteiger partial charge < -0.3 is 15.3 Å². The van der Waals surface area contributed by atoms with Gasteiger partial charge in [0.25, 0.3) is 11.8 Å². The Hall–Kier alpha value is -2.63. The van der Waals surface area contributed by atoms with E-state index >= 15 is 0 Å². The predicted octanol–water partition coefficient (Wildman–Crippen LogP) is 2.35. The van der Waals surface area contributed by atoms with E-state index in [-0.39, 0.29) is 11.9 Å². The fourth-order valence-corrected chi connectivity index (χ4v) is 2.84. The van der Waals surface area contributed by atoms with Gasteiger partial charge in [0.2, 0.25) is 0 Å². The molecule has 2 rings (SSSR count). The number of aliphatic carboxylic acids is 1. The molecule has 1 aromatic carbocycles. The second-order valence-corrected chi connectivity index (χ2v) is 5.89. The molecule has 0 saturated heterocycles. The predicted molar refractivity (Wildman–Crippen MR) is 91.0 cm³/mol. The first kappa shape index (κ1) is 17.7. The van der Waals surface area contributed by atoms with Crippen LogP contribution in [-0.4, -0.2) is 36.0 Å². The summed E-state index contributed by atoms with van der Waals surface area (Å²) in [4.78, 5) is 36.4. The van der Waals surface area contributed by atoms with Crippen molar-refractivity contribution in [2.24, 2.45) is 0 Å². The van der Waals surface area contributed by atoms with Crippen molar-refractivity contribution < 1.29 is 19.5 Å². The zero-order chi connectivity index (χ0) is 17.5. The molecular formula is C18H22N2O4. The Kier molecular flexibility index (Phi) is 6.12. The van der Waals surface area contributed by atoms with Crippen LogP contribution in [0.25, 0.3) is 0 Å². The van der Waals surface area contributed by atoms with Gasteiger partial charge in [-0.25, -0.2) is 4.79 Å². The lowest BCUT2D eigenvalue weighted by molar-refractivity contribution is -0.131. The zero-order valence-electron chi connectivity index (χ0n) is 13.7. The Bertz CT molecular complexity index is 648. The van der Waals surface area contributed by atoms with Gasteiger partial charge in [0, 0.05) is 25.2 Å². The first-order chi connectivity index (χ1) is 11.5. The van der Waals surface area contributed by atoms with Crippen LogP contribution in [0, 0.1) is 0 Å². The van der Waals surface area contributed by atoms with Crippen molar-refractivity contribution in [1.29, 1.82) is 0 Å². The molecule has 0 bridgehead atoms. The molecule has 1 aliphatic rings. The molecular weight excluding hydrogens is 308 g/mol. The largest absolute Gasteiger partial charge is 0.478 e. The van der Waals surface area contributed by atoms with E-state index in [0.29, 0.717) is 11.3 Å². The molecule has 2 amide bonds. The van der Waals surface area contributed by atoms with Crippen molar-refractivity contribution in [3.05, 3.63) is 42.0 Å². The van der Waals surface area contributed by atoms with Crippen LogP contribution in [0.1, 0.15) is 42.5 Å². The van der Waals surface area contributed by atoms with Crippen LogP contribution < -0.4 is 10.2 Å². The van der Waals surface area contributed by atoms with E-state index in [1.165, 1.54) is 18.4 Å². The Balaban J connectivity index is 2.15. The molecule has 0 radical (unpaired) electrons. The molecule has 1 aromatic rings. The number of carbonyl (C=O) groups is 3. The summed E-state index contributed by atoms with van der Waals surface area (Å²) in [6, 6.07) is 6.98. The molecule has 0 aliphatic heterocycles. The minimum Gasteiger partial charge on any atom is -0.478 e. The number of carboxylic acids is 1. The minimum atomic E-state index is -1.19. The number of hydrogen-bond acceptors (Lipinski definition) is 3. The van der Waals surface area contributed by atoms with Crippen LogP contribution in [0.5, 0.6) is 0 Å². The number of para-hydroxylation sites is 1. The van der Waals surface area contributed by atoms with E-state index in [2.05, 4.69) is 5.32 Å². The molecule has 1 aliphatic carbocycles. The van der Waals surface area contributed by atoms with Crippen LogP contribution in [0.15, 0.2) is 36.4 Å². The second kappa shape index (κ2) is 8.29. The summed E-state index contributed by atoms with van der Waals surface area (Å²) in [5.41, 5.74) is 0.855. The number of benzene rings is 1. The van der Waals surface area contributed by atoms with Gasteiger partial charge in [-0.1, -0.05) is 31.4 Å². The third-order valence-electron chi connectivity index (χ3n) is 4.15. The quantitative estimate of drug-likeness (QED) is 0.811. The van der Waals surface area contributed by atoms with Crippen LogP contribution in [0.3, 0.4) is 0 Å². The number of anilines is 1. The normalized spacial score (nSPS) is 15.2. The Morgan fingerprint density at radius 3 is 2.46 bits per heavy atom. The maximum absolute atomic E-state index is 12.6.